The van der Waals surface area contributed by atoms with Gasteiger partial charge in [0.15, 0.2) is 0 Å². The number of fused-ring (bicyclic) bond motifs is 1. The Morgan fingerprint density at radius 1 is 1.45 bits per heavy atom. The first kappa shape index (κ1) is 16.6. The lowest BCUT2D eigenvalue weighted by molar-refractivity contribution is -0.128. The lowest BCUT2D eigenvalue weighted by Crippen LogP contribution is -2.31. The van der Waals surface area contributed by atoms with Crippen molar-refractivity contribution in [3.63, 3.8) is 0 Å². The first-order valence-electron chi connectivity index (χ1n) is 7.69. The molecule has 0 unspecified atom stereocenters. The van der Waals surface area contributed by atoms with Gasteiger partial charge >= 0.3 is 0 Å². The van der Waals surface area contributed by atoms with E-state index in [1.165, 1.54) is 6.33 Å². The number of anilines is 1. The molecule has 0 radical (unpaired) electrons. The Balaban J connectivity index is 2.01. The van der Waals surface area contributed by atoms with E-state index in [1.54, 1.807) is 6.92 Å². The van der Waals surface area contributed by atoms with Crippen molar-refractivity contribution < 1.29 is 14.6 Å². The molecule has 122 valence electrons. The lowest BCUT2D eigenvalue weighted by Gasteiger charge is -2.17. The maximum absolute atomic E-state index is 11.5. The van der Waals surface area contributed by atoms with Crippen LogP contribution in [0.4, 0.5) is 5.82 Å². The van der Waals surface area contributed by atoms with Gasteiger partial charge in [-0.2, -0.15) is 0 Å². The molecule has 22 heavy (non-hydrogen) atoms. The molecule has 7 heteroatoms. The minimum absolute atomic E-state index is 0.0856. The molecule has 1 amide bonds. The molecule has 2 N–H and O–H groups in total. The third-order valence-electron chi connectivity index (χ3n) is 3.75. The van der Waals surface area contributed by atoms with Gasteiger partial charge in [0.1, 0.15) is 12.1 Å². The molecule has 0 spiro atoms. The van der Waals surface area contributed by atoms with Crippen LogP contribution in [-0.2, 0) is 22.4 Å². The first-order valence-corrected chi connectivity index (χ1v) is 7.69. The van der Waals surface area contributed by atoms with Crippen molar-refractivity contribution in [2.24, 2.45) is 0 Å². The van der Waals surface area contributed by atoms with Crippen LogP contribution >= 0.6 is 0 Å². The number of aromatic nitrogens is 2. The molecule has 0 aliphatic carbocycles. The van der Waals surface area contributed by atoms with Crippen LogP contribution in [0, 0.1) is 0 Å². The van der Waals surface area contributed by atoms with Crippen molar-refractivity contribution in [2.75, 3.05) is 38.2 Å². The van der Waals surface area contributed by atoms with Gasteiger partial charge in [0.05, 0.1) is 18.4 Å². The second-order valence-electron chi connectivity index (χ2n) is 5.35. The number of carbonyl (C=O) groups is 1. The summed E-state index contributed by atoms with van der Waals surface area (Å²) in [5.74, 6) is 0.827. The minimum Gasteiger partial charge on any atom is -0.389 e. The summed E-state index contributed by atoms with van der Waals surface area (Å²) in [6.45, 7) is 6.10. The number of carbonyl (C=O) groups excluding carboxylic acids is 1. The quantitative estimate of drug-likeness (QED) is 0.782. The predicted molar refractivity (Wildman–Crippen MR) is 82.7 cm³/mol. The van der Waals surface area contributed by atoms with Gasteiger partial charge in [-0.1, -0.05) is 0 Å². The molecule has 0 fully saturated rings. The summed E-state index contributed by atoms with van der Waals surface area (Å²) in [5, 5.41) is 13.0. The van der Waals surface area contributed by atoms with Gasteiger partial charge in [-0.15, -0.1) is 0 Å². The Hall–Kier alpha value is -1.73. The van der Waals surface area contributed by atoms with Crippen LogP contribution in [0.25, 0.3) is 0 Å². The maximum Gasteiger partial charge on any atom is 0.219 e. The van der Waals surface area contributed by atoms with Crippen LogP contribution in [0.3, 0.4) is 0 Å². The van der Waals surface area contributed by atoms with Crippen molar-refractivity contribution in [3.8, 4) is 0 Å². The van der Waals surface area contributed by atoms with Crippen molar-refractivity contribution in [1.82, 2.24) is 14.9 Å². The highest BCUT2D eigenvalue weighted by Crippen LogP contribution is 2.20. The SMILES string of the molecule is CCOC[C@H](O)CNc1ncnc2c1CCN(C(C)=O)CC2. The molecule has 0 aromatic carbocycles. The molecule has 0 bridgehead atoms. The van der Waals surface area contributed by atoms with E-state index in [4.69, 9.17) is 4.74 Å². The number of aliphatic hydroxyl groups excluding tert-OH is 1. The fourth-order valence-electron chi connectivity index (χ4n) is 2.52. The predicted octanol–water partition coefficient (Wildman–Crippen LogP) is 0.233. The van der Waals surface area contributed by atoms with E-state index in [-0.39, 0.29) is 5.91 Å². The third-order valence-corrected chi connectivity index (χ3v) is 3.75. The molecule has 0 saturated heterocycles. The minimum atomic E-state index is -0.579. The Morgan fingerprint density at radius 3 is 2.95 bits per heavy atom. The Morgan fingerprint density at radius 2 is 2.23 bits per heavy atom. The third kappa shape index (κ3) is 4.38. The number of nitrogens with one attached hydrogen (secondary N) is 1. The number of aliphatic hydroxyl groups is 1. The van der Waals surface area contributed by atoms with Gasteiger partial charge in [-0.3, -0.25) is 4.79 Å². The molecule has 1 aromatic rings. The molecule has 7 nitrogen and oxygen atoms in total. The number of amides is 1. The Labute approximate surface area is 130 Å². The van der Waals surface area contributed by atoms with E-state index in [0.717, 1.165) is 29.9 Å². The molecule has 1 aromatic heterocycles. The standard InChI is InChI=1S/C15H24N4O3/c1-3-22-9-12(21)8-16-15-13-4-6-19(11(2)20)7-5-14(13)17-10-18-15/h10,12,21H,3-9H2,1-2H3,(H,16,17,18)/t12-/m1/s1. The summed E-state index contributed by atoms with van der Waals surface area (Å²) in [5.41, 5.74) is 2.01. The fourth-order valence-corrected chi connectivity index (χ4v) is 2.52. The largest absolute Gasteiger partial charge is 0.389 e. The number of rotatable bonds is 6. The second-order valence-corrected chi connectivity index (χ2v) is 5.35. The Kier molecular flexibility index (Phi) is 6.09. The molecule has 0 saturated carbocycles. The molecule has 2 heterocycles. The summed E-state index contributed by atoms with van der Waals surface area (Å²) in [7, 11) is 0. The number of nitrogens with zero attached hydrogens (tertiary/aromatic N) is 3. The van der Waals surface area contributed by atoms with Crippen molar-refractivity contribution in [1.29, 1.82) is 0 Å². The highest BCUT2D eigenvalue weighted by molar-refractivity contribution is 5.73. The van der Waals surface area contributed by atoms with Gasteiger partial charge in [0.2, 0.25) is 5.91 Å². The normalized spacial score (nSPS) is 15.9. The molecule has 1 aliphatic heterocycles. The van der Waals surface area contributed by atoms with Crippen molar-refractivity contribution in [3.05, 3.63) is 17.6 Å². The van der Waals surface area contributed by atoms with Gasteiger partial charge < -0.3 is 20.1 Å². The van der Waals surface area contributed by atoms with E-state index < -0.39 is 6.10 Å². The van der Waals surface area contributed by atoms with Crippen molar-refractivity contribution >= 4 is 11.7 Å². The van der Waals surface area contributed by atoms with E-state index in [9.17, 15) is 9.90 Å². The first-order chi connectivity index (χ1) is 10.6. The van der Waals surface area contributed by atoms with Crippen LogP contribution in [-0.4, -0.2) is 64.8 Å². The highest BCUT2D eigenvalue weighted by Gasteiger charge is 2.20. The van der Waals surface area contributed by atoms with Crippen LogP contribution in [0.15, 0.2) is 6.33 Å². The summed E-state index contributed by atoms with van der Waals surface area (Å²) >= 11 is 0. The average Bonchev–Trinajstić information content (AvgIpc) is 2.73. The van der Waals surface area contributed by atoms with E-state index in [1.807, 2.05) is 11.8 Å². The van der Waals surface area contributed by atoms with Crippen LogP contribution in [0.2, 0.25) is 0 Å². The fraction of sp³-hybridized carbons (Fsp3) is 0.667. The van der Waals surface area contributed by atoms with Gasteiger partial charge in [-0.25, -0.2) is 9.97 Å². The smallest absolute Gasteiger partial charge is 0.219 e. The molecule has 1 atom stereocenters. The van der Waals surface area contributed by atoms with E-state index in [2.05, 4.69) is 15.3 Å². The Bertz CT molecular complexity index is 510. The number of hydrogen-bond donors (Lipinski definition) is 2. The lowest BCUT2D eigenvalue weighted by atomic mass is 10.1. The summed E-state index contributed by atoms with van der Waals surface area (Å²) in [4.78, 5) is 22.0. The second kappa shape index (κ2) is 8.05. The molecule has 2 rings (SSSR count). The maximum atomic E-state index is 11.5. The average molecular weight is 308 g/mol. The van der Waals surface area contributed by atoms with Gasteiger partial charge in [0, 0.05) is 45.1 Å². The molecule has 1 aliphatic rings. The topological polar surface area (TPSA) is 87.6 Å². The number of hydrogen-bond acceptors (Lipinski definition) is 6. The highest BCUT2D eigenvalue weighted by atomic mass is 16.5. The molecular formula is C15H24N4O3. The summed E-state index contributed by atoms with van der Waals surface area (Å²) < 4.78 is 5.19. The number of ether oxygens (including phenoxy) is 1. The zero-order valence-corrected chi connectivity index (χ0v) is 13.2. The van der Waals surface area contributed by atoms with Crippen LogP contribution in [0.5, 0.6) is 0 Å². The van der Waals surface area contributed by atoms with E-state index >= 15 is 0 Å². The monoisotopic (exact) mass is 308 g/mol. The van der Waals surface area contributed by atoms with Gasteiger partial charge in [0.25, 0.3) is 0 Å². The summed E-state index contributed by atoms with van der Waals surface area (Å²) in [6.07, 6.45) is 2.40. The van der Waals surface area contributed by atoms with Gasteiger partial charge in [-0.05, 0) is 13.3 Å². The zero-order valence-electron chi connectivity index (χ0n) is 13.2. The van der Waals surface area contributed by atoms with E-state index in [0.29, 0.717) is 32.8 Å². The van der Waals surface area contributed by atoms with Crippen molar-refractivity contribution in [2.45, 2.75) is 32.8 Å². The zero-order chi connectivity index (χ0) is 15.9. The summed E-state index contributed by atoms with van der Waals surface area (Å²) in [6, 6.07) is 0. The molecular weight excluding hydrogens is 284 g/mol. The van der Waals surface area contributed by atoms with Crippen LogP contribution < -0.4 is 5.32 Å². The van der Waals surface area contributed by atoms with Crippen LogP contribution in [0.1, 0.15) is 25.1 Å².